The molecule has 1 aromatic carbocycles. The van der Waals surface area contributed by atoms with Gasteiger partial charge in [-0.05, 0) is 61.8 Å². The molecule has 1 aliphatic heterocycles. The Kier molecular flexibility index (Phi) is 4.55. The number of fused-ring (bicyclic) bond motifs is 1. The SMILES string of the molecule is CCOc1ccc([C@H]2CCCN2Cn2nc3ccccn3c2=S)cc1. The fourth-order valence-corrected chi connectivity index (χ4v) is 3.81. The van der Waals surface area contributed by atoms with E-state index < -0.39 is 0 Å². The predicted molar refractivity (Wildman–Crippen MR) is 100 cm³/mol. The van der Waals surface area contributed by atoms with E-state index in [1.165, 1.54) is 12.0 Å². The summed E-state index contributed by atoms with van der Waals surface area (Å²) < 4.78 is 10.2. The first-order valence-corrected chi connectivity index (χ1v) is 9.18. The van der Waals surface area contributed by atoms with Crippen molar-refractivity contribution in [2.24, 2.45) is 0 Å². The van der Waals surface area contributed by atoms with Gasteiger partial charge in [-0.3, -0.25) is 9.30 Å². The molecule has 0 unspecified atom stereocenters. The lowest BCUT2D eigenvalue weighted by Gasteiger charge is -2.24. The van der Waals surface area contributed by atoms with Crippen LogP contribution >= 0.6 is 12.2 Å². The maximum Gasteiger partial charge on any atom is 0.203 e. The van der Waals surface area contributed by atoms with Crippen molar-refractivity contribution in [2.45, 2.75) is 32.5 Å². The lowest BCUT2D eigenvalue weighted by Crippen LogP contribution is -2.26. The number of ether oxygens (including phenoxy) is 1. The third kappa shape index (κ3) is 3.19. The molecule has 2 aromatic heterocycles. The molecule has 0 amide bonds. The maximum atomic E-state index is 5.58. The van der Waals surface area contributed by atoms with E-state index in [2.05, 4.69) is 34.3 Å². The van der Waals surface area contributed by atoms with E-state index in [0.29, 0.717) is 12.6 Å². The second-order valence-corrected chi connectivity index (χ2v) is 6.69. The molecule has 1 aliphatic rings. The van der Waals surface area contributed by atoms with Crippen molar-refractivity contribution in [3.8, 4) is 5.75 Å². The third-order valence-corrected chi connectivity index (χ3v) is 5.15. The van der Waals surface area contributed by atoms with Gasteiger partial charge >= 0.3 is 0 Å². The average Bonchev–Trinajstić information content (AvgIpc) is 3.22. The van der Waals surface area contributed by atoms with Crippen LogP contribution in [0.3, 0.4) is 0 Å². The van der Waals surface area contributed by atoms with Gasteiger partial charge in [-0.1, -0.05) is 18.2 Å². The summed E-state index contributed by atoms with van der Waals surface area (Å²) in [7, 11) is 0. The van der Waals surface area contributed by atoms with Crippen molar-refractivity contribution in [1.82, 2.24) is 19.1 Å². The molecular formula is C19H22N4OS. The Morgan fingerprint density at radius 1 is 1.20 bits per heavy atom. The molecule has 3 aromatic rings. The van der Waals surface area contributed by atoms with Crippen molar-refractivity contribution in [3.05, 3.63) is 59.0 Å². The van der Waals surface area contributed by atoms with Gasteiger partial charge in [0.1, 0.15) is 5.75 Å². The van der Waals surface area contributed by atoms with Crippen LogP contribution in [0, 0.1) is 4.77 Å². The molecule has 0 spiro atoms. The summed E-state index contributed by atoms with van der Waals surface area (Å²) in [5.41, 5.74) is 2.22. The van der Waals surface area contributed by atoms with Crippen LogP contribution in [0.1, 0.15) is 31.4 Å². The summed E-state index contributed by atoms with van der Waals surface area (Å²) in [4.78, 5) is 2.46. The topological polar surface area (TPSA) is 34.7 Å². The van der Waals surface area contributed by atoms with Crippen molar-refractivity contribution < 1.29 is 4.74 Å². The minimum Gasteiger partial charge on any atom is -0.494 e. The molecule has 0 saturated carbocycles. The Morgan fingerprint density at radius 2 is 2.04 bits per heavy atom. The van der Waals surface area contributed by atoms with Gasteiger partial charge in [-0.25, -0.2) is 4.68 Å². The second-order valence-electron chi connectivity index (χ2n) is 6.32. The quantitative estimate of drug-likeness (QED) is 0.647. The van der Waals surface area contributed by atoms with Gasteiger partial charge in [0.05, 0.1) is 13.3 Å². The van der Waals surface area contributed by atoms with Crippen molar-refractivity contribution >= 4 is 17.9 Å². The minimum absolute atomic E-state index is 0.405. The predicted octanol–water partition coefficient (Wildman–Crippen LogP) is 4.06. The fraction of sp³-hybridized carbons (Fsp3) is 0.368. The van der Waals surface area contributed by atoms with Crippen LogP contribution in [-0.2, 0) is 6.67 Å². The van der Waals surface area contributed by atoms with Gasteiger partial charge in [-0.15, -0.1) is 0 Å². The molecule has 4 rings (SSSR count). The average molecular weight is 354 g/mol. The van der Waals surface area contributed by atoms with E-state index in [4.69, 9.17) is 17.0 Å². The molecule has 1 fully saturated rings. The smallest absolute Gasteiger partial charge is 0.203 e. The molecule has 1 atom stereocenters. The highest BCUT2D eigenvalue weighted by Gasteiger charge is 2.26. The third-order valence-electron chi connectivity index (χ3n) is 4.74. The Morgan fingerprint density at radius 3 is 2.80 bits per heavy atom. The summed E-state index contributed by atoms with van der Waals surface area (Å²) in [6.07, 6.45) is 4.32. The summed E-state index contributed by atoms with van der Waals surface area (Å²) in [6.45, 7) is 4.48. The number of likely N-dealkylation sites (tertiary alicyclic amines) is 1. The summed E-state index contributed by atoms with van der Waals surface area (Å²) >= 11 is 5.58. The van der Waals surface area contributed by atoms with Crippen molar-refractivity contribution in [1.29, 1.82) is 0 Å². The van der Waals surface area contributed by atoms with Crippen LogP contribution in [0.5, 0.6) is 5.75 Å². The number of hydrogen-bond acceptors (Lipinski definition) is 4. The Balaban J connectivity index is 1.56. The maximum absolute atomic E-state index is 5.58. The van der Waals surface area contributed by atoms with Crippen LogP contribution in [-0.4, -0.2) is 32.2 Å². The van der Waals surface area contributed by atoms with E-state index in [0.717, 1.165) is 35.8 Å². The molecule has 6 heteroatoms. The highest BCUT2D eigenvalue weighted by Crippen LogP contribution is 2.33. The highest BCUT2D eigenvalue weighted by molar-refractivity contribution is 7.71. The molecular weight excluding hydrogens is 332 g/mol. The normalized spacial score (nSPS) is 18.0. The van der Waals surface area contributed by atoms with Crippen LogP contribution in [0.15, 0.2) is 48.7 Å². The van der Waals surface area contributed by atoms with E-state index >= 15 is 0 Å². The van der Waals surface area contributed by atoms with Gasteiger partial charge in [0.2, 0.25) is 4.77 Å². The van der Waals surface area contributed by atoms with Crippen LogP contribution < -0.4 is 4.74 Å². The molecule has 130 valence electrons. The second kappa shape index (κ2) is 6.98. The van der Waals surface area contributed by atoms with E-state index in [-0.39, 0.29) is 0 Å². The first-order valence-electron chi connectivity index (χ1n) is 8.77. The number of benzene rings is 1. The number of hydrogen-bond donors (Lipinski definition) is 0. The Bertz CT molecular complexity index is 915. The molecule has 5 nitrogen and oxygen atoms in total. The molecule has 3 heterocycles. The fourth-order valence-electron chi connectivity index (χ4n) is 3.56. The monoisotopic (exact) mass is 354 g/mol. The van der Waals surface area contributed by atoms with Crippen molar-refractivity contribution in [3.63, 3.8) is 0 Å². The summed E-state index contributed by atoms with van der Waals surface area (Å²) in [5.74, 6) is 0.929. The molecule has 1 saturated heterocycles. The van der Waals surface area contributed by atoms with Crippen LogP contribution in [0.25, 0.3) is 5.65 Å². The molecule has 0 bridgehead atoms. The van der Waals surface area contributed by atoms with Gasteiger partial charge in [0.15, 0.2) is 5.65 Å². The summed E-state index contributed by atoms with van der Waals surface area (Å²) in [6, 6.07) is 14.8. The zero-order valence-electron chi connectivity index (χ0n) is 14.3. The van der Waals surface area contributed by atoms with Crippen LogP contribution in [0.4, 0.5) is 0 Å². The molecule has 0 aliphatic carbocycles. The number of nitrogens with zero attached hydrogens (tertiary/aromatic N) is 4. The Hall–Kier alpha value is -2.18. The first kappa shape index (κ1) is 16.3. The molecule has 0 N–H and O–H groups in total. The van der Waals surface area contributed by atoms with Gasteiger partial charge < -0.3 is 4.74 Å². The number of aromatic nitrogens is 3. The van der Waals surface area contributed by atoms with E-state index in [1.54, 1.807) is 0 Å². The standard InChI is InChI=1S/C19H22N4OS/c1-2-24-16-10-8-15(9-11-16)17-6-5-12-21(17)14-23-19(25)22-13-4-3-7-18(22)20-23/h3-4,7-11,13,17H,2,5-6,12,14H2,1H3/t17-/m1/s1. The molecule has 25 heavy (non-hydrogen) atoms. The van der Waals surface area contributed by atoms with Gasteiger partial charge in [0, 0.05) is 18.8 Å². The van der Waals surface area contributed by atoms with Gasteiger partial charge in [-0.2, -0.15) is 5.10 Å². The largest absolute Gasteiger partial charge is 0.494 e. The zero-order valence-corrected chi connectivity index (χ0v) is 15.2. The summed E-state index contributed by atoms with van der Waals surface area (Å²) in [5, 5.41) is 4.66. The number of pyridine rings is 1. The lowest BCUT2D eigenvalue weighted by molar-refractivity contribution is 0.190. The minimum atomic E-state index is 0.405. The van der Waals surface area contributed by atoms with Crippen molar-refractivity contribution in [2.75, 3.05) is 13.2 Å². The zero-order chi connectivity index (χ0) is 17.2. The highest BCUT2D eigenvalue weighted by atomic mass is 32.1. The first-order chi connectivity index (χ1) is 12.3. The Labute approximate surface area is 152 Å². The lowest BCUT2D eigenvalue weighted by atomic mass is 10.0. The van der Waals surface area contributed by atoms with E-state index in [9.17, 15) is 0 Å². The van der Waals surface area contributed by atoms with Crippen LogP contribution in [0.2, 0.25) is 0 Å². The van der Waals surface area contributed by atoms with E-state index in [1.807, 2.05) is 40.4 Å². The number of rotatable bonds is 5. The van der Waals surface area contributed by atoms with Gasteiger partial charge in [0.25, 0.3) is 0 Å². The molecule has 0 radical (unpaired) electrons.